The summed E-state index contributed by atoms with van der Waals surface area (Å²) in [4.78, 5) is 0. The molecule has 0 bridgehead atoms. The number of rotatable bonds is 2. The van der Waals surface area contributed by atoms with Crippen LogP contribution in [0, 0.1) is 0 Å². The van der Waals surface area contributed by atoms with Crippen LogP contribution in [0.25, 0.3) is 0 Å². The molecule has 0 heterocycles. The summed E-state index contributed by atoms with van der Waals surface area (Å²) in [5.74, 6) is 0. The molecule has 0 saturated carbocycles. The van der Waals surface area contributed by atoms with Crippen molar-refractivity contribution >= 4 is 15.9 Å². The molecule has 2 nitrogen and oxygen atoms in total. The van der Waals surface area contributed by atoms with E-state index in [0.717, 1.165) is 22.9 Å². The Morgan fingerprint density at radius 1 is 1.50 bits per heavy atom. The average molecular weight is 233 g/mol. The third-order valence-corrected chi connectivity index (χ3v) is 2.49. The summed E-state index contributed by atoms with van der Waals surface area (Å²) >= 11 is 3.31. The number of aliphatic hydroxyl groups excluding tert-OH is 2. The predicted molar refractivity (Wildman–Crippen MR) is 52.3 cm³/mol. The standard InChI is InChI=1S/C9H13BrO2/c1-6-2-3-8(11)9(12)7(6)4-5-10/h2-3,8-9,11-12H,4-5H2,1H3. The quantitative estimate of drug-likeness (QED) is 0.707. The molecular weight excluding hydrogens is 220 g/mol. The molecular formula is C9H13BrO2. The fraction of sp³-hybridized carbons (Fsp3) is 0.556. The van der Waals surface area contributed by atoms with E-state index in [1.807, 2.05) is 13.0 Å². The van der Waals surface area contributed by atoms with Gasteiger partial charge in [-0.05, 0) is 24.5 Å². The summed E-state index contributed by atoms with van der Waals surface area (Å²) in [6, 6.07) is 0. The monoisotopic (exact) mass is 232 g/mol. The molecule has 0 fully saturated rings. The van der Waals surface area contributed by atoms with E-state index in [4.69, 9.17) is 0 Å². The highest BCUT2D eigenvalue weighted by atomic mass is 79.9. The van der Waals surface area contributed by atoms with Crippen molar-refractivity contribution in [2.24, 2.45) is 0 Å². The molecule has 0 radical (unpaired) electrons. The van der Waals surface area contributed by atoms with Gasteiger partial charge in [0.15, 0.2) is 0 Å². The summed E-state index contributed by atoms with van der Waals surface area (Å²) in [5, 5.41) is 19.7. The Balaban J connectivity index is 2.82. The molecule has 1 aliphatic rings. The maximum atomic E-state index is 9.56. The van der Waals surface area contributed by atoms with E-state index in [1.165, 1.54) is 0 Å². The maximum absolute atomic E-state index is 9.56. The average Bonchev–Trinajstić information content (AvgIpc) is 2.06. The van der Waals surface area contributed by atoms with Gasteiger partial charge in [-0.3, -0.25) is 0 Å². The van der Waals surface area contributed by atoms with Crippen molar-refractivity contribution < 1.29 is 10.2 Å². The second-order valence-electron chi connectivity index (χ2n) is 2.94. The zero-order valence-corrected chi connectivity index (χ0v) is 8.58. The zero-order valence-electron chi connectivity index (χ0n) is 7.00. The van der Waals surface area contributed by atoms with Gasteiger partial charge in [-0.2, -0.15) is 0 Å². The molecule has 1 aliphatic carbocycles. The van der Waals surface area contributed by atoms with Crippen LogP contribution in [-0.4, -0.2) is 27.8 Å². The molecule has 0 aromatic carbocycles. The van der Waals surface area contributed by atoms with Gasteiger partial charge in [-0.1, -0.05) is 28.1 Å². The van der Waals surface area contributed by atoms with Crippen LogP contribution in [-0.2, 0) is 0 Å². The number of allylic oxidation sites excluding steroid dienone is 2. The van der Waals surface area contributed by atoms with E-state index >= 15 is 0 Å². The Hall–Kier alpha value is -0.120. The summed E-state index contributed by atoms with van der Waals surface area (Å²) in [7, 11) is 0. The molecule has 68 valence electrons. The van der Waals surface area contributed by atoms with Gasteiger partial charge in [0.1, 0.15) is 12.2 Å². The molecule has 0 saturated heterocycles. The van der Waals surface area contributed by atoms with Crippen molar-refractivity contribution in [1.82, 2.24) is 0 Å². The van der Waals surface area contributed by atoms with E-state index in [0.29, 0.717) is 0 Å². The van der Waals surface area contributed by atoms with Gasteiger partial charge in [-0.15, -0.1) is 0 Å². The van der Waals surface area contributed by atoms with E-state index in [2.05, 4.69) is 15.9 Å². The van der Waals surface area contributed by atoms with Crippen LogP contribution < -0.4 is 0 Å². The summed E-state index contributed by atoms with van der Waals surface area (Å²) in [5.41, 5.74) is 1.99. The van der Waals surface area contributed by atoms with Crippen LogP contribution in [0.4, 0.5) is 0 Å². The molecule has 2 N–H and O–H groups in total. The van der Waals surface area contributed by atoms with Gasteiger partial charge in [0.2, 0.25) is 0 Å². The predicted octanol–water partition coefficient (Wildman–Crippen LogP) is 1.38. The number of hydrogen-bond acceptors (Lipinski definition) is 2. The van der Waals surface area contributed by atoms with Crippen LogP contribution in [0.2, 0.25) is 0 Å². The number of alkyl halides is 1. The molecule has 1 rings (SSSR count). The fourth-order valence-corrected chi connectivity index (χ4v) is 1.77. The van der Waals surface area contributed by atoms with Gasteiger partial charge in [-0.25, -0.2) is 0 Å². The summed E-state index contributed by atoms with van der Waals surface area (Å²) in [6.45, 7) is 1.95. The number of hydrogen-bond donors (Lipinski definition) is 2. The van der Waals surface area contributed by atoms with Gasteiger partial charge in [0.25, 0.3) is 0 Å². The van der Waals surface area contributed by atoms with Gasteiger partial charge in [0.05, 0.1) is 0 Å². The third-order valence-electron chi connectivity index (χ3n) is 2.09. The van der Waals surface area contributed by atoms with Crippen molar-refractivity contribution in [2.45, 2.75) is 25.6 Å². The normalized spacial score (nSPS) is 29.7. The van der Waals surface area contributed by atoms with Crippen molar-refractivity contribution in [3.05, 3.63) is 23.3 Å². The Morgan fingerprint density at radius 3 is 2.75 bits per heavy atom. The number of halogens is 1. The van der Waals surface area contributed by atoms with Crippen molar-refractivity contribution in [3.8, 4) is 0 Å². The first-order valence-electron chi connectivity index (χ1n) is 3.96. The minimum absolute atomic E-state index is 0.715. The Labute approximate surface area is 80.7 Å². The molecule has 2 unspecified atom stereocenters. The Morgan fingerprint density at radius 2 is 2.17 bits per heavy atom. The van der Waals surface area contributed by atoms with Crippen LogP contribution in [0.5, 0.6) is 0 Å². The van der Waals surface area contributed by atoms with Crippen LogP contribution >= 0.6 is 15.9 Å². The van der Waals surface area contributed by atoms with Gasteiger partial charge >= 0.3 is 0 Å². The molecule has 0 amide bonds. The lowest BCUT2D eigenvalue weighted by molar-refractivity contribution is 0.0689. The number of aliphatic hydroxyl groups is 2. The first kappa shape index (κ1) is 9.96. The second-order valence-corrected chi connectivity index (χ2v) is 3.73. The van der Waals surface area contributed by atoms with E-state index < -0.39 is 12.2 Å². The minimum atomic E-state index is -0.734. The maximum Gasteiger partial charge on any atom is 0.105 e. The summed E-state index contributed by atoms with van der Waals surface area (Å²) < 4.78 is 0. The molecule has 0 aromatic rings. The van der Waals surface area contributed by atoms with Gasteiger partial charge < -0.3 is 10.2 Å². The first-order chi connectivity index (χ1) is 5.66. The molecule has 0 spiro atoms. The smallest absolute Gasteiger partial charge is 0.105 e. The molecule has 2 atom stereocenters. The first-order valence-corrected chi connectivity index (χ1v) is 5.09. The zero-order chi connectivity index (χ0) is 9.14. The highest BCUT2D eigenvalue weighted by molar-refractivity contribution is 9.09. The molecule has 0 aromatic heterocycles. The van der Waals surface area contributed by atoms with E-state index in [9.17, 15) is 10.2 Å². The minimum Gasteiger partial charge on any atom is -0.386 e. The largest absolute Gasteiger partial charge is 0.386 e. The van der Waals surface area contributed by atoms with Gasteiger partial charge in [0, 0.05) is 5.33 Å². The highest BCUT2D eigenvalue weighted by Gasteiger charge is 2.22. The van der Waals surface area contributed by atoms with E-state index in [1.54, 1.807) is 6.08 Å². The second kappa shape index (κ2) is 4.21. The molecule has 12 heavy (non-hydrogen) atoms. The van der Waals surface area contributed by atoms with Crippen LogP contribution in [0.3, 0.4) is 0 Å². The summed E-state index contributed by atoms with van der Waals surface area (Å²) in [6.07, 6.45) is 2.82. The van der Waals surface area contributed by atoms with Crippen molar-refractivity contribution in [1.29, 1.82) is 0 Å². The van der Waals surface area contributed by atoms with Crippen LogP contribution in [0.15, 0.2) is 23.3 Å². The highest BCUT2D eigenvalue weighted by Crippen LogP contribution is 2.23. The van der Waals surface area contributed by atoms with Crippen molar-refractivity contribution in [3.63, 3.8) is 0 Å². The van der Waals surface area contributed by atoms with E-state index in [-0.39, 0.29) is 0 Å². The fourth-order valence-electron chi connectivity index (χ4n) is 1.34. The lowest BCUT2D eigenvalue weighted by atomic mass is 9.92. The Bertz CT molecular complexity index is 221. The molecule has 3 heteroatoms. The van der Waals surface area contributed by atoms with Crippen LogP contribution in [0.1, 0.15) is 13.3 Å². The van der Waals surface area contributed by atoms with Crippen molar-refractivity contribution in [2.75, 3.05) is 5.33 Å². The lowest BCUT2D eigenvalue weighted by Gasteiger charge is -2.23. The topological polar surface area (TPSA) is 40.5 Å². The molecule has 0 aliphatic heterocycles. The SMILES string of the molecule is CC1=C(CCBr)C(O)C(O)C=C1. The lowest BCUT2D eigenvalue weighted by Crippen LogP contribution is -2.29. The Kier molecular flexibility index (Phi) is 3.50. The third kappa shape index (κ3) is 1.97.